The lowest BCUT2D eigenvalue weighted by Crippen LogP contribution is -2.50. The molecule has 0 aromatic carbocycles. The molecule has 0 atom stereocenters. The maximum Gasteiger partial charge on any atom is 0.411 e. The second-order valence-electron chi connectivity index (χ2n) is 5.73. The number of piperidine rings is 1. The largest absolute Gasteiger partial charge is 0.480 e. The predicted octanol–water partition coefficient (Wildman–Crippen LogP) is 0.293. The minimum Gasteiger partial charge on any atom is -0.480 e. The minimum absolute atomic E-state index is 0.150. The second kappa shape index (κ2) is 8.81. The Hall–Kier alpha value is -1.40. The van der Waals surface area contributed by atoms with Crippen LogP contribution in [0.2, 0.25) is 0 Å². The fourth-order valence-electron chi connectivity index (χ4n) is 2.54. The molecule has 1 amide bonds. The number of carbonyl (C=O) groups is 2. The Morgan fingerprint density at radius 2 is 1.84 bits per heavy atom. The first-order valence-electron chi connectivity index (χ1n) is 7.51. The number of sulfonamides is 1. The first-order chi connectivity index (χ1) is 11.4. The molecule has 146 valence electrons. The molecule has 0 aromatic rings. The predicted molar refractivity (Wildman–Crippen MR) is 80.3 cm³/mol. The monoisotopic (exact) mass is 390 g/mol. The van der Waals surface area contributed by atoms with E-state index in [1.54, 1.807) is 0 Å². The van der Waals surface area contributed by atoms with Gasteiger partial charge in [0.1, 0.15) is 13.2 Å². The number of alkyl halides is 3. The average Bonchev–Trinajstić information content (AvgIpc) is 2.47. The SMILES string of the molecule is CS(=O)(=O)N1CCC(N(CC(=O)O)C(=O)CCOCC(F)(F)F)CC1. The number of rotatable bonds is 8. The quantitative estimate of drug-likeness (QED) is 0.598. The summed E-state index contributed by atoms with van der Waals surface area (Å²) in [7, 11) is -3.36. The summed E-state index contributed by atoms with van der Waals surface area (Å²) in [4.78, 5) is 24.2. The van der Waals surface area contributed by atoms with Gasteiger partial charge < -0.3 is 14.7 Å². The van der Waals surface area contributed by atoms with E-state index in [4.69, 9.17) is 5.11 Å². The standard InChI is InChI=1S/C13H21F3N2O6S/c1-25(22,23)17-5-2-10(3-6-17)18(8-12(20)21)11(19)4-7-24-9-13(14,15)16/h10H,2-9H2,1H3,(H,20,21). The van der Waals surface area contributed by atoms with Gasteiger partial charge in [0.15, 0.2) is 0 Å². The maximum absolute atomic E-state index is 12.2. The van der Waals surface area contributed by atoms with Crippen LogP contribution in [0.1, 0.15) is 19.3 Å². The van der Waals surface area contributed by atoms with E-state index in [9.17, 15) is 31.2 Å². The van der Waals surface area contributed by atoms with Crippen LogP contribution in [0.15, 0.2) is 0 Å². The summed E-state index contributed by atoms with van der Waals surface area (Å²) in [6.45, 7) is -2.25. The molecular weight excluding hydrogens is 369 g/mol. The van der Waals surface area contributed by atoms with Crippen LogP contribution < -0.4 is 0 Å². The lowest BCUT2D eigenvalue weighted by Gasteiger charge is -2.37. The number of halogens is 3. The molecule has 1 heterocycles. The number of aliphatic carboxylic acids is 1. The van der Waals surface area contributed by atoms with Crippen molar-refractivity contribution in [2.24, 2.45) is 0 Å². The second-order valence-corrected chi connectivity index (χ2v) is 7.71. The van der Waals surface area contributed by atoms with Gasteiger partial charge in [0.25, 0.3) is 0 Å². The molecular formula is C13H21F3N2O6S. The Bertz CT molecular complexity index is 573. The number of hydrogen-bond acceptors (Lipinski definition) is 5. The van der Waals surface area contributed by atoms with Crippen LogP contribution in [0.4, 0.5) is 13.2 Å². The Labute approximate surface area is 143 Å². The molecule has 1 aliphatic rings. The lowest BCUT2D eigenvalue weighted by atomic mass is 10.0. The molecule has 1 fully saturated rings. The molecule has 25 heavy (non-hydrogen) atoms. The molecule has 0 bridgehead atoms. The van der Waals surface area contributed by atoms with Crippen molar-refractivity contribution < 1.29 is 41.0 Å². The summed E-state index contributed by atoms with van der Waals surface area (Å²) in [6.07, 6.45) is -3.30. The highest BCUT2D eigenvalue weighted by Crippen LogP contribution is 2.20. The molecule has 0 saturated carbocycles. The maximum atomic E-state index is 12.2. The molecule has 12 heteroatoms. The zero-order valence-electron chi connectivity index (χ0n) is 13.7. The van der Waals surface area contributed by atoms with Gasteiger partial charge in [-0.15, -0.1) is 0 Å². The van der Waals surface area contributed by atoms with Crippen LogP contribution in [0, 0.1) is 0 Å². The normalized spacial score (nSPS) is 17.4. The number of nitrogens with zero attached hydrogens (tertiary/aromatic N) is 2. The van der Waals surface area contributed by atoms with Crippen molar-refractivity contribution in [2.75, 3.05) is 39.1 Å². The Morgan fingerprint density at radius 1 is 1.28 bits per heavy atom. The number of hydrogen-bond donors (Lipinski definition) is 1. The molecule has 1 saturated heterocycles. The Balaban J connectivity index is 2.59. The summed E-state index contributed by atoms with van der Waals surface area (Å²) >= 11 is 0. The van der Waals surface area contributed by atoms with Crippen molar-refractivity contribution in [3.05, 3.63) is 0 Å². The van der Waals surface area contributed by atoms with Crippen LogP contribution in [-0.2, 0) is 24.3 Å². The lowest BCUT2D eigenvalue weighted by molar-refractivity contribution is -0.175. The first-order valence-corrected chi connectivity index (χ1v) is 9.36. The molecule has 0 radical (unpaired) electrons. The van der Waals surface area contributed by atoms with Gasteiger partial charge in [0.05, 0.1) is 19.3 Å². The number of carboxylic acids is 1. The smallest absolute Gasteiger partial charge is 0.411 e. The van der Waals surface area contributed by atoms with Crippen molar-refractivity contribution in [2.45, 2.75) is 31.5 Å². The van der Waals surface area contributed by atoms with Crippen LogP contribution in [0.3, 0.4) is 0 Å². The third-order valence-corrected chi connectivity index (χ3v) is 4.99. The van der Waals surface area contributed by atoms with Crippen LogP contribution in [0.25, 0.3) is 0 Å². The van der Waals surface area contributed by atoms with E-state index in [0.29, 0.717) is 0 Å². The fourth-order valence-corrected chi connectivity index (χ4v) is 3.42. The van der Waals surface area contributed by atoms with Gasteiger partial charge in [-0.1, -0.05) is 0 Å². The summed E-state index contributed by atoms with van der Waals surface area (Å²) in [5.74, 6) is -1.89. The van der Waals surface area contributed by atoms with E-state index in [0.717, 1.165) is 11.2 Å². The van der Waals surface area contributed by atoms with E-state index in [1.165, 1.54) is 4.31 Å². The number of carboxylic acid groups (broad SMARTS) is 1. The van der Waals surface area contributed by atoms with Gasteiger partial charge in [0, 0.05) is 19.1 Å². The van der Waals surface area contributed by atoms with E-state index in [2.05, 4.69) is 4.74 Å². The number of carbonyl (C=O) groups excluding carboxylic acids is 1. The molecule has 8 nitrogen and oxygen atoms in total. The van der Waals surface area contributed by atoms with Crippen molar-refractivity contribution in [1.82, 2.24) is 9.21 Å². The zero-order valence-corrected chi connectivity index (χ0v) is 14.5. The summed E-state index contributed by atoms with van der Waals surface area (Å²) in [5.41, 5.74) is 0. The third-order valence-electron chi connectivity index (χ3n) is 3.69. The van der Waals surface area contributed by atoms with Crippen molar-refractivity contribution in [3.8, 4) is 0 Å². The molecule has 0 aromatic heterocycles. The van der Waals surface area contributed by atoms with Crippen LogP contribution >= 0.6 is 0 Å². The topological polar surface area (TPSA) is 104 Å². The van der Waals surface area contributed by atoms with E-state index in [1.807, 2.05) is 0 Å². The molecule has 0 spiro atoms. The zero-order chi connectivity index (χ0) is 19.3. The minimum atomic E-state index is -4.50. The molecule has 0 unspecified atom stereocenters. The van der Waals surface area contributed by atoms with Crippen molar-refractivity contribution in [3.63, 3.8) is 0 Å². The Kier molecular flexibility index (Phi) is 7.62. The summed E-state index contributed by atoms with van der Waals surface area (Å²) < 4.78 is 64.5. The van der Waals surface area contributed by atoms with Crippen molar-refractivity contribution >= 4 is 21.9 Å². The van der Waals surface area contributed by atoms with E-state index >= 15 is 0 Å². The molecule has 1 N–H and O–H groups in total. The highest BCUT2D eigenvalue weighted by Gasteiger charge is 2.32. The average molecular weight is 390 g/mol. The molecule has 1 rings (SSSR count). The van der Waals surface area contributed by atoms with E-state index < -0.39 is 53.9 Å². The summed E-state index contributed by atoms with van der Waals surface area (Å²) in [5, 5.41) is 8.94. The van der Waals surface area contributed by atoms with Gasteiger partial charge in [-0.25, -0.2) is 12.7 Å². The van der Waals surface area contributed by atoms with Crippen molar-refractivity contribution in [1.29, 1.82) is 0 Å². The van der Waals surface area contributed by atoms with Gasteiger partial charge >= 0.3 is 12.1 Å². The van der Waals surface area contributed by atoms with Gasteiger partial charge in [-0.3, -0.25) is 9.59 Å². The van der Waals surface area contributed by atoms with Gasteiger partial charge in [-0.2, -0.15) is 13.2 Å². The summed E-state index contributed by atoms with van der Waals surface area (Å²) in [6, 6.07) is -0.482. The van der Waals surface area contributed by atoms with E-state index in [-0.39, 0.29) is 32.4 Å². The molecule has 0 aliphatic carbocycles. The fraction of sp³-hybridized carbons (Fsp3) is 0.846. The number of ether oxygens (including phenoxy) is 1. The third kappa shape index (κ3) is 8.01. The van der Waals surface area contributed by atoms with Crippen LogP contribution in [0.5, 0.6) is 0 Å². The Morgan fingerprint density at radius 3 is 2.28 bits per heavy atom. The molecule has 1 aliphatic heterocycles. The van der Waals surface area contributed by atoms with Gasteiger partial charge in [-0.05, 0) is 12.8 Å². The first kappa shape index (κ1) is 21.6. The number of amides is 1. The highest BCUT2D eigenvalue weighted by atomic mass is 32.2. The van der Waals surface area contributed by atoms with Gasteiger partial charge in [0.2, 0.25) is 15.9 Å². The highest BCUT2D eigenvalue weighted by molar-refractivity contribution is 7.88. The van der Waals surface area contributed by atoms with Crippen LogP contribution in [-0.4, -0.2) is 85.9 Å².